The predicted molar refractivity (Wildman–Crippen MR) is 59.2 cm³/mol. The topological polar surface area (TPSA) is 44.4 Å². The van der Waals surface area contributed by atoms with Crippen molar-refractivity contribution in [3.8, 4) is 0 Å². The molecule has 2 N–H and O–H groups in total. The van der Waals surface area contributed by atoms with Crippen molar-refractivity contribution in [2.24, 2.45) is 5.92 Å². The van der Waals surface area contributed by atoms with Gasteiger partial charge >= 0.3 is 0 Å². The molecule has 1 amide bonds. The maximum absolute atomic E-state index is 11.6. The molecule has 4 nitrogen and oxygen atoms in total. The van der Waals surface area contributed by atoms with Crippen molar-refractivity contribution < 1.29 is 4.79 Å². The van der Waals surface area contributed by atoms with Gasteiger partial charge in [0, 0.05) is 13.1 Å². The third-order valence-corrected chi connectivity index (χ3v) is 2.12. The van der Waals surface area contributed by atoms with Crippen LogP contribution in [0.1, 0.15) is 13.8 Å². The second-order valence-electron chi connectivity index (χ2n) is 4.10. The molecule has 0 spiro atoms. The van der Waals surface area contributed by atoms with Crippen LogP contribution in [0, 0.1) is 5.92 Å². The number of rotatable bonds is 6. The molecule has 0 radical (unpaired) electrons. The van der Waals surface area contributed by atoms with Crippen molar-refractivity contribution in [1.29, 1.82) is 0 Å². The summed E-state index contributed by atoms with van der Waals surface area (Å²) in [5, 5.41) is 5.92. The smallest absolute Gasteiger partial charge is 0.237 e. The monoisotopic (exact) mass is 201 g/mol. The Morgan fingerprint density at radius 2 is 1.93 bits per heavy atom. The van der Waals surface area contributed by atoms with Crippen LogP contribution in [0.15, 0.2) is 0 Å². The molecule has 0 aromatic heterocycles. The molecule has 14 heavy (non-hydrogen) atoms. The van der Waals surface area contributed by atoms with Gasteiger partial charge in [-0.3, -0.25) is 4.79 Å². The minimum absolute atomic E-state index is 0.0860. The zero-order valence-electron chi connectivity index (χ0n) is 9.92. The van der Waals surface area contributed by atoms with Gasteiger partial charge in [-0.1, -0.05) is 13.8 Å². The van der Waals surface area contributed by atoms with Crippen LogP contribution in [0.2, 0.25) is 0 Å². The molecule has 1 atom stereocenters. The first-order valence-corrected chi connectivity index (χ1v) is 5.08. The molecule has 0 saturated heterocycles. The highest BCUT2D eigenvalue weighted by atomic mass is 16.2. The first-order valence-electron chi connectivity index (χ1n) is 5.08. The van der Waals surface area contributed by atoms with Gasteiger partial charge in [0.1, 0.15) is 0 Å². The number of carbonyl (C=O) groups is 1. The van der Waals surface area contributed by atoms with Crippen LogP contribution >= 0.6 is 0 Å². The molecule has 0 aliphatic carbocycles. The average molecular weight is 201 g/mol. The normalized spacial score (nSPS) is 13.4. The second kappa shape index (κ2) is 6.79. The average Bonchev–Trinajstić information content (AvgIpc) is 2.03. The lowest BCUT2D eigenvalue weighted by Gasteiger charge is -2.20. The summed E-state index contributed by atoms with van der Waals surface area (Å²) < 4.78 is 0. The number of hydrogen-bond donors (Lipinski definition) is 2. The lowest BCUT2D eigenvalue weighted by molar-refractivity contribution is -0.124. The van der Waals surface area contributed by atoms with Gasteiger partial charge in [-0.05, 0) is 27.1 Å². The van der Waals surface area contributed by atoms with Gasteiger partial charge in [-0.2, -0.15) is 0 Å². The summed E-state index contributed by atoms with van der Waals surface area (Å²) in [4.78, 5) is 13.7. The molecule has 0 saturated carbocycles. The fraction of sp³-hybridized carbons (Fsp3) is 0.900. The van der Waals surface area contributed by atoms with Crippen molar-refractivity contribution in [1.82, 2.24) is 15.5 Å². The fourth-order valence-electron chi connectivity index (χ4n) is 1.28. The molecule has 84 valence electrons. The van der Waals surface area contributed by atoms with E-state index in [1.807, 2.05) is 39.9 Å². The molecule has 0 aromatic rings. The number of amides is 1. The zero-order valence-corrected chi connectivity index (χ0v) is 9.92. The van der Waals surface area contributed by atoms with Crippen LogP contribution in [0.25, 0.3) is 0 Å². The largest absolute Gasteiger partial charge is 0.353 e. The van der Waals surface area contributed by atoms with E-state index in [0.717, 1.165) is 6.54 Å². The van der Waals surface area contributed by atoms with E-state index in [2.05, 4.69) is 10.6 Å². The Hall–Kier alpha value is -0.610. The molecule has 0 bridgehead atoms. The van der Waals surface area contributed by atoms with Gasteiger partial charge < -0.3 is 15.5 Å². The Kier molecular flexibility index (Phi) is 6.49. The first kappa shape index (κ1) is 13.4. The summed E-state index contributed by atoms with van der Waals surface area (Å²) in [6, 6.07) is -0.0860. The minimum atomic E-state index is -0.0860. The highest BCUT2D eigenvalue weighted by molar-refractivity contribution is 5.81. The van der Waals surface area contributed by atoms with Crippen molar-refractivity contribution >= 4 is 5.91 Å². The van der Waals surface area contributed by atoms with Crippen LogP contribution in [0.3, 0.4) is 0 Å². The van der Waals surface area contributed by atoms with E-state index in [1.54, 1.807) is 0 Å². The van der Waals surface area contributed by atoms with E-state index in [9.17, 15) is 4.79 Å². The number of likely N-dealkylation sites (N-methyl/N-ethyl adjacent to an activating group) is 2. The summed E-state index contributed by atoms with van der Waals surface area (Å²) in [5.41, 5.74) is 0. The summed E-state index contributed by atoms with van der Waals surface area (Å²) >= 11 is 0. The standard InChI is InChI=1S/C10H23N3O/c1-8(2)9(11-3)10(14)12-6-7-13(4)5/h8-9,11H,6-7H2,1-5H3,(H,12,14). The molecule has 0 aliphatic rings. The molecule has 0 rings (SSSR count). The van der Waals surface area contributed by atoms with Crippen molar-refractivity contribution in [2.75, 3.05) is 34.2 Å². The van der Waals surface area contributed by atoms with Crippen LogP contribution in [-0.4, -0.2) is 51.1 Å². The summed E-state index contributed by atoms with van der Waals surface area (Å²) in [7, 11) is 5.80. The Balaban J connectivity index is 3.81. The van der Waals surface area contributed by atoms with Gasteiger partial charge in [0.25, 0.3) is 0 Å². The van der Waals surface area contributed by atoms with Gasteiger partial charge in [0.05, 0.1) is 6.04 Å². The molecule has 0 aromatic carbocycles. The molecule has 0 fully saturated rings. The molecule has 0 heterocycles. The van der Waals surface area contributed by atoms with E-state index >= 15 is 0 Å². The third-order valence-electron chi connectivity index (χ3n) is 2.12. The number of nitrogens with zero attached hydrogens (tertiary/aromatic N) is 1. The zero-order chi connectivity index (χ0) is 11.1. The maximum Gasteiger partial charge on any atom is 0.237 e. The number of nitrogens with one attached hydrogen (secondary N) is 2. The Morgan fingerprint density at radius 3 is 2.29 bits per heavy atom. The second-order valence-corrected chi connectivity index (χ2v) is 4.10. The maximum atomic E-state index is 11.6. The number of carbonyl (C=O) groups excluding carboxylic acids is 1. The van der Waals surface area contributed by atoms with Crippen LogP contribution in [0.5, 0.6) is 0 Å². The predicted octanol–water partition coefficient (Wildman–Crippen LogP) is -0.0918. The Morgan fingerprint density at radius 1 is 1.36 bits per heavy atom. The fourth-order valence-corrected chi connectivity index (χ4v) is 1.28. The molecule has 1 unspecified atom stereocenters. The van der Waals surface area contributed by atoms with Crippen LogP contribution in [-0.2, 0) is 4.79 Å². The van der Waals surface area contributed by atoms with Gasteiger partial charge in [-0.25, -0.2) is 0 Å². The lowest BCUT2D eigenvalue weighted by atomic mass is 10.0. The third kappa shape index (κ3) is 5.19. The van der Waals surface area contributed by atoms with Gasteiger partial charge in [0.15, 0.2) is 0 Å². The van der Waals surface area contributed by atoms with E-state index in [4.69, 9.17) is 0 Å². The van der Waals surface area contributed by atoms with Gasteiger partial charge in [-0.15, -0.1) is 0 Å². The minimum Gasteiger partial charge on any atom is -0.353 e. The van der Waals surface area contributed by atoms with E-state index in [0.29, 0.717) is 12.5 Å². The van der Waals surface area contributed by atoms with E-state index in [-0.39, 0.29) is 11.9 Å². The summed E-state index contributed by atoms with van der Waals surface area (Å²) in [6.07, 6.45) is 0. The molecule has 0 aliphatic heterocycles. The molecule has 4 heteroatoms. The quantitative estimate of drug-likeness (QED) is 0.631. The molecular formula is C10H23N3O. The first-order chi connectivity index (χ1) is 6.49. The number of hydrogen-bond acceptors (Lipinski definition) is 3. The van der Waals surface area contributed by atoms with E-state index < -0.39 is 0 Å². The van der Waals surface area contributed by atoms with Crippen molar-refractivity contribution in [3.63, 3.8) is 0 Å². The van der Waals surface area contributed by atoms with Gasteiger partial charge in [0.2, 0.25) is 5.91 Å². The lowest BCUT2D eigenvalue weighted by Crippen LogP contribution is -2.47. The Labute approximate surface area is 87.0 Å². The summed E-state index contributed by atoms with van der Waals surface area (Å²) in [5.74, 6) is 0.406. The highest BCUT2D eigenvalue weighted by Gasteiger charge is 2.18. The molecular weight excluding hydrogens is 178 g/mol. The van der Waals surface area contributed by atoms with Crippen molar-refractivity contribution in [3.05, 3.63) is 0 Å². The van der Waals surface area contributed by atoms with Crippen molar-refractivity contribution in [2.45, 2.75) is 19.9 Å². The highest BCUT2D eigenvalue weighted by Crippen LogP contribution is 2.00. The summed E-state index contributed by atoms with van der Waals surface area (Å²) in [6.45, 7) is 5.65. The van der Waals surface area contributed by atoms with Crippen LogP contribution < -0.4 is 10.6 Å². The van der Waals surface area contributed by atoms with E-state index in [1.165, 1.54) is 0 Å². The van der Waals surface area contributed by atoms with Crippen LogP contribution in [0.4, 0.5) is 0 Å². The Bertz CT molecular complexity index is 169. The SMILES string of the molecule is CNC(C(=O)NCCN(C)C)C(C)C.